The molecule has 11 heteroatoms. The molecule has 34 heavy (non-hydrogen) atoms. The van der Waals surface area contributed by atoms with Gasteiger partial charge in [-0.3, -0.25) is 9.71 Å². The van der Waals surface area contributed by atoms with Crippen molar-refractivity contribution in [1.82, 2.24) is 19.9 Å². The number of ether oxygens (including phenoxy) is 3. The Labute approximate surface area is 212 Å². The Bertz CT molecular complexity index is 1900. The molecular weight excluding hydrogens is 458 g/mol. The van der Waals surface area contributed by atoms with Gasteiger partial charge in [-0.1, -0.05) is 18.2 Å². The molecular formula is C23H21N5O5S. The predicted molar refractivity (Wildman–Crippen MR) is 125 cm³/mol. The first-order valence-electron chi connectivity index (χ1n) is 14.7. The summed E-state index contributed by atoms with van der Waals surface area (Å²) in [5.41, 5.74) is 0.122. The number of benzene rings is 1. The molecule has 174 valence electrons. The standard InChI is InChI=1S/C23H21N5O5S/c1-15-8-9-19(25-14-15)34(29,30)28-22-20(33-18-7-5-4-6-17(18)31-2)23(32-3)27-21(26-22)16-10-12-24-13-11-16/h4-14H,1-3H3,(H,26,27,28)/i2D3,4D,5D,6D,7D,10D,11D,12D,13D. The average Bonchev–Trinajstić information content (AvgIpc) is 2.96. The topological polar surface area (TPSA) is 125 Å². The average molecular weight is 491 g/mol. The number of nitrogens with zero attached hydrogens (tertiary/aromatic N) is 4. The van der Waals surface area contributed by atoms with Crippen molar-refractivity contribution in [2.24, 2.45) is 0 Å². The van der Waals surface area contributed by atoms with Gasteiger partial charge >= 0.3 is 0 Å². The van der Waals surface area contributed by atoms with Gasteiger partial charge in [-0.25, -0.2) is 9.97 Å². The van der Waals surface area contributed by atoms with E-state index in [9.17, 15) is 8.42 Å². The highest BCUT2D eigenvalue weighted by Crippen LogP contribution is 2.41. The molecule has 0 fully saturated rings. The van der Waals surface area contributed by atoms with Crippen LogP contribution in [0.4, 0.5) is 5.82 Å². The third-order valence-electron chi connectivity index (χ3n) is 4.04. The second-order valence-corrected chi connectivity index (χ2v) is 7.97. The minimum atomic E-state index is -4.62. The highest BCUT2D eigenvalue weighted by atomic mass is 32.2. The third kappa shape index (κ3) is 4.89. The van der Waals surface area contributed by atoms with Gasteiger partial charge in [0.2, 0.25) is 5.75 Å². The van der Waals surface area contributed by atoms with Crippen molar-refractivity contribution >= 4 is 15.8 Å². The van der Waals surface area contributed by atoms with Crippen LogP contribution in [0.15, 0.2) is 72.0 Å². The smallest absolute Gasteiger partial charge is 0.280 e. The summed E-state index contributed by atoms with van der Waals surface area (Å²) in [5.74, 6) is -4.66. The number of rotatable bonds is 8. The number of methoxy groups -OCH3 is 2. The van der Waals surface area contributed by atoms with Crippen LogP contribution in [0, 0.1) is 6.92 Å². The molecule has 0 spiro atoms. The zero-order valence-corrected chi connectivity index (χ0v) is 18.3. The quantitative estimate of drug-likeness (QED) is 0.392. The molecule has 0 aliphatic heterocycles. The first-order chi connectivity index (χ1) is 20.9. The van der Waals surface area contributed by atoms with Crippen LogP contribution in [0.5, 0.6) is 23.1 Å². The molecule has 0 atom stereocenters. The van der Waals surface area contributed by atoms with Gasteiger partial charge < -0.3 is 14.2 Å². The number of anilines is 1. The van der Waals surface area contributed by atoms with Crippen molar-refractivity contribution in [3.63, 3.8) is 0 Å². The van der Waals surface area contributed by atoms with Crippen LogP contribution in [0.25, 0.3) is 11.4 Å². The summed E-state index contributed by atoms with van der Waals surface area (Å²) in [7, 11) is -6.80. The lowest BCUT2D eigenvalue weighted by Gasteiger charge is -2.17. The lowest BCUT2D eigenvalue weighted by molar-refractivity contribution is 0.348. The van der Waals surface area contributed by atoms with Gasteiger partial charge in [-0.15, -0.1) is 0 Å². The molecule has 10 nitrogen and oxygen atoms in total. The third-order valence-corrected chi connectivity index (χ3v) is 5.30. The van der Waals surface area contributed by atoms with E-state index in [0.29, 0.717) is 5.56 Å². The van der Waals surface area contributed by atoms with E-state index in [2.05, 4.69) is 24.7 Å². The van der Waals surface area contributed by atoms with Crippen LogP contribution >= 0.6 is 0 Å². The van der Waals surface area contributed by atoms with Gasteiger partial charge in [0.1, 0.15) is 0 Å². The molecule has 0 saturated carbocycles. The van der Waals surface area contributed by atoms with Gasteiger partial charge in [0.15, 0.2) is 28.2 Å². The van der Waals surface area contributed by atoms with Gasteiger partial charge in [0, 0.05) is 24.1 Å². The highest BCUT2D eigenvalue weighted by molar-refractivity contribution is 7.92. The zero-order chi connectivity index (χ0) is 33.6. The lowest BCUT2D eigenvalue weighted by atomic mass is 10.2. The fourth-order valence-electron chi connectivity index (χ4n) is 2.51. The molecule has 4 rings (SSSR count). The van der Waals surface area contributed by atoms with Gasteiger partial charge in [-0.2, -0.15) is 13.4 Å². The molecule has 0 radical (unpaired) electrons. The Balaban J connectivity index is 2.04. The summed E-state index contributed by atoms with van der Waals surface area (Å²) < 4.78 is 132. The van der Waals surface area contributed by atoms with E-state index in [1.807, 2.05) is 0 Å². The van der Waals surface area contributed by atoms with Crippen LogP contribution in [-0.4, -0.2) is 42.5 Å². The molecule has 3 aromatic heterocycles. The number of hydrogen-bond donors (Lipinski definition) is 1. The largest absolute Gasteiger partial charge is 0.493 e. The van der Waals surface area contributed by atoms with E-state index in [0.717, 1.165) is 7.11 Å². The number of nitrogens with one attached hydrogen (secondary N) is 1. The second-order valence-electron chi connectivity index (χ2n) is 6.34. The Morgan fingerprint density at radius 2 is 1.79 bits per heavy atom. The molecule has 3 heterocycles. The maximum Gasteiger partial charge on any atom is 0.280 e. The maximum atomic E-state index is 13.4. The van der Waals surface area contributed by atoms with Crippen LogP contribution < -0.4 is 18.9 Å². The zero-order valence-electron chi connectivity index (χ0n) is 28.5. The number of pyridine rings is 2. The first-order valence-corrected chi connectivity index (χ1v) is 10.7. The van der Waals surface area contributed by atoms with Crippen molar-refractivity contribution in [2.75, 3.05) is 18.9 Å². The Morgan fingerprint density at radius 1 is 1.03 bits per heavy atom. The summed E-state index contributed by atoms with van der Waals surface area (Å²) >= 11 is 0. The van der Waals surface area contributed by atoms with Crippen molar-refractivity contribution < 1.29 is 37.7 Å². The summed E-state index contributed by atoms with van der Waals surface area (Å²) in [6.45, 7) is 1.66. The van der Waals surface area contributed by atoms with E-state index in [1.54, 1.807) is 6.92 Å². The lowest BCUT2D eigenvalue weighted by Crippen LogP contribution is -2.17. The van der Waals surface area contributed by atoms with Gasteiger partial charge in [0.25, 0.3) is 15.9 Å². The summed E-state index contributed by atoms with van der Waals surface area (Å²) in [5, 5.41) is -0.501. The molecule has 4 aromatic rings. The molecule has 0 unspecified atom stereocenters. The van der Waals surface area contributed by atoms with Gasteiger partial charge in [-0.05, 0) is 42.7 Å². The summed E-state index contributed by atoms with van der Waals surface area (Å²) in [6, 6.07) is -2.36. The minimum absolute atomic E-state index is 0.501. The molecule has 0 bridgehead atoms. The number of sulfonamides is 1. The predicted octanol–water partition coefficient (Wildman–Crippen LogP) is 3.85. The van der Waals surface area contributed by atoms with Crippen molar-refractivity contribution in [1.29, 1.82) is 0 Å². The fraction of sp³-hybridized carbons (Fsp3) is 0.130. The molecule has 1 aromatic carbocycles. The Kier molecular flexibility index (Phi) is 3.67. The second kappa shape index (κ2) is 9.71. The highest BCUT2D eigenvalue weighted by Gasteiger charge is 2.25. The van der Waals surface area contributed by atoms with E-state index in [-0.39, 0.29) is 0 Å². The number of hydrogen-bond acceptors (Lipinski definition) is 9. The van der Waals surface area contributed by atoms with Crippen LogP contribution in [0.2, 0.25) is 0 Å². The number of aryl methyl sites for hydroxylation is 1. The van der Waals surface area contributed by atoms with E-state index in [4.69, 9.17) is 29.3 Å². The molecule has 0 aliphatic rings. The van der Waals surface area contributed by atoms with Crippen molar-refractivity contribution in [3.05, 3.63) is 72.5 Å². The summed E-state index contributed by atoms with van der Waals surface area (Å²) in [4.78, 5) is 15.4. The van der Waals surface area contributed by atoms with Gasteiger partial charge in [0.05, 0.1) is 29.2 Å². The maximum absolute atomic E-state index is 13.4. The van der Waals surface area contributed by atoms with E-state index < -0.39 is 111 Å². The molecule has 0 saturated heterocycles. The monoisotopic (exact) mass is 490 g/mol. The SMILES string of the molecule is [2H]c1nc([2H])c([2H])c(-c2nc(NS(=O)(=O)c3ccc(C)cn3)c(Oc3c([2H])c([2H])c([2H])c([2H])c3OC([2H])([2H])[2H])c(OC)n2)c1[2H]. The van der Waals surface area contributed by atoms with Crippen molar-refractivity contribution in [3.8, 4) is 34.5 Å². The Morgan fingerprint density at radius 3 is 2.47 bits per heavy atom. The Hall–Kier alpha value is -4.25. The minimum Gasteiger partial charge on any atom is -0.493 e. The number of para-hydroxylation sites is 2. The van der Waals surface area contributed by atoms with Crippen LogP contribution in [-0.2, 0) is 10.0 Å². The molecule has 0 amide bonds. The molecule has 0 aliphatic carbocycles. The van der Waals surface area contributed by atoms with Crippen LogP contribution in [0.1, 0.15) is 20.6 Å². The first kappa shape index (κ1) is 12.8. The van der Waals surface area contributed by atoms with Crippen molar-refractivity contribution in [2.45, 2.75) is 11.9 Å². The normalized spacial score (nSPS) is 16.0. The van der Waals surface area contributed by atoms with Crippen LogP contribution in [0.3, 0.4) is 0 Å². The summed E-state index contributed by atoms with van der Waals surface area (Å²) in [6.07, 6.45) is -0.170. The fourth-order valence-corrected chi connectivity index (χ4v) is 3.44. The number of aromatic nitrogens is 4. The van der Waals surface area contributed by atoms with E-state index in [1.165, 1.54) is 18.3 Å². The molecule has 1 N–H and O–H groups in total. The van der Waals surface area contributed by atoms with E-state index >= 15 is 0 Å².